The van der Waals surface area contributed by atoms with Crippen LogP contribution in [0.4, 0.5) is 0 Å². The van der Waals surface area contributed by atoms with Gasteiger partial charge in [0.25, 0.3) is 0 Å². The molecule has 0 spiro atoms. The highest BCUT2D eigenvalue weighted by atomic mass is 32.2. The van der Waals surface area contributed by atoms with Crippen molar-refractivity contribution >= 4 is 190 Å². The third kappa shape index (κ3) is 47.9. The molecule has 2 fully saturated rings. The van der Waals surface area contributed by atoms with Gasteiger partial charge in [-0.1, -0.05) is 0 Å². The lowest BCUT2D eigenvalue weighted by atomic mass is 9.96. The van der Waals surface area contributed by atoms with Gasteiger partial charge in [0.05, 0.1) is 71.2 Å². The number of rotatable bonds is 76. The molecule has 0 bridgehead atoms. The van der Waals surface area contributed by atoms with Crippen molar-refractivity contribution in [3.05, 3.63) is 0 Å². The van der Waals surface area contributed by atoms with Crippen molar-refractivity contribution in [2.75, 3.05) is 112 Å². The van der Waals surface area contributed by atoms with Gasteiger partial charge in [-0.25, -0.2) is 0 Å². The average molecular weight is 1860 g/mol. The van der Waals surface area contributed by atoms with Crippen LogP contribution in [0.5, 0.6) is 0 Å². The van der Waals surface area contributed by atoms with Gasteiger partial charge >= 0.3 is 95.5 Å². The van der Waals surface area contributed by atoms with E-state index in [2.05, 4.69) is 0 Å². The van der Waals surface area contributed by atoms with Gasteiger partial charge in [-0.05, 0) is 97.4 Å². The molecular formula is C68H102O43S8. The fourth-order valence-corrected chi connectivity index (χ4v) is 18.5. The Kier molecular flexibility index (Phi) is 56.8. The number of ether oxygens (including phenoxy) is 11. The summed E-state index contributed by atoms with van der Waals surface area (Å²) in [6.07, 6.45) is -22.9. The number of aliphatic carboxylic acids is 16. The molecule has 0 radical (unpaired) electrons. The van der Waals surface area contributed by atoms with E-state index >= 15 is 0 Å². The van der Waals surface area contributed by atoms with Crippen LogP contribution < -0.4 is 0 Å². The third-order valence-corrected chi connectivity index (χ3v) is 26.5. The van der Waals surface area contributed by atoms with Crippen molar-refractivity contribution in [1.29, 1.82) is 0 Å². The summed E-state index contributed by atoms with van der Waals surface area (Å²) in [5.41, 5.74) is 0. The zero-order valence-corrected chi connectivity index (χ0v) is 70.4. The Morgan fingerprint density at radius 2 is 0.412 bits per heavy atom. The summed E-state index contributed by atoms with van der Waals surface area (Å²) in [7, 11) is 0. The van der Waals surface area contributed by atoms with E-state index in [1.54, 1.807) is 0 Å². The first kappa shape index (κ1) is 109. The molecular weight excluding hydrogens is 1760 g/mol. The molecule has 43 nitrogen and oxygen atoms in total. The molecule has 0 aromatic rings. The molecule has 2 aliphatic rings. The molecule has 0 saturated carbocycles. The van der Waals surface area contributed by atoms with Gasteiger partial charge in [0.15, 0.2) is 12.6 Å². The van der Waals surface area contributed by atoms with Gasteiger partial charge in [0.1, 0.15) is 90.8 Å². The van der Waals surface area contributed by atoms with Gasteiger partial charge in [-0.15, -0.1) is 94.1 Å². The molecule has 2 rings (SSSR count). The minimum atomic E-state index is -1.92. The summed E-state index contributed by atoms with van der Waals surface area (Å²) >= 11 is 5.99. The highest BCUT2D eigenvalue weighted by Gasteiger charge is 2.55. The lowest BCUT2D eigenvalue weighted by molar-refractivity contribution is -0.374. The third-order valence-electron chi connectivity index (χ3n) is 16.1. The van der Waals surface area contributed by atoms with E-state index in [0.29, 0.717) is 0 Å². The van der Waals surface area contributed by atoms with E-state index in [1.807, 2.05) is 0 Å². The summed E-state index contributed by atoms with van der Waals surface area (Å²) in [4.78, 5) is 191. The Bertz CT molecular complexity index is 3200. The van der Waals surface area contributed by atoms with Crippen LogP contribution >= 0.6 is 94.1 Å². The number of hydrogen-bond acceptors (Lipinski definition) is 35. The van der Waals surface area contributed by atoms with Crippen molar-refractivity contribution in [1.82, 2.24) is 0 Å². The lowest BCUT2D eigenvalue weighted by Crippen LogP contribution is -2.66. The molecule has 0 aliphatic carbocycles. The number of carbonyl (C=O) groups is 16. The number of thioether (sulfide) groups is 8. The standard InChI is InChI=1S/C68H102O43S8/c69-45(70)25-37(59(85)86)112-17-1-9-101-33-35-53(103-11-3-19-114-39(61(89)90)27-47(73)74)55(104-12-4-20-115-40(62(91)92)28-48(75)76)58(107-15-7-23-118-43(65(97)98)31-51(81)82)68(110-35)111-54-36(34-102-10-2-18-113-38(60(87)88)26-46(71)72)109-67(108-16-8-24-119-44(66(99)100)32-52(83)84)57(106-14-6-22-117-42(64(95)96)30-50(79)80)56(54)105-13-5-21-116-41(63(93)94)29-49(77)78/h35-44,53-58,67-68H,1-34H2,(H,69,70)(H,71,72)(H,73,74)(H,75,76)(H,77,78)(H,79,80)(H,81,82)(H,83,84)(H,85,86)(H,87,88)(H,89,90)(H,91,92)(H,93,94)(H,95,96)(H,97,98)(H,99,100)/t35-,36-,37?,38?,39?,40?,41?,42?,43?,44?,53-,54-,55+,56+,57-,58-,67-,68+/m1/s1. The Hall–Kier alpha value is -6.12. The summed E-state index contributed by atoms with van der Waals surface area (Å²) < 4.78 is 73.1. The largest absolute Gasteiger partial charge is 0.481 e. The molecule has 2 aliphatic heterocycles. The first-order chi connectivity index (χ1) is 56.3. The fraction of sp³-hybridized carbons (Fsp3) is 0.765. The van der Waals surface area contributed by atoms with Gasteiger partial charge in [0.2, 0.25) is 0 Å². The van der Waals surface area contributed by atoms with E-state index in [-0.39, 0.29) is 137 Å². The van der Waals surface area contributed by atoms with Crippen molar-refractivity contribution in [2.24, 2.45) is 0 Å². The SMILES string of the molecule is O=C(O)CC(SCCCOC[C@H]1O[C@@H](O[C@H]2[C@H](OCCCSC(CC(=O)O)C(=O)O)[C@@H](OCCCSC(CC(=O)O)C(=O)O)[C@H](OCCCSC(CC(=O)O)C(=O)O)O[C@@H]2COCCCSC(CC(=O)O)C(=O)O)[C@H](OCCCSC(CC(=O)O)C(=O)O)[C@@H](OCCCSC(CC(=O)O)C(=O)O)[C@@H]1OCCCSC(CC(=O)O)C(=O)O)C(=O)O. The predicted molar refractivity (Wildman–Crippen MR) is 424 cm³/mol. The molecule has 2 heterocycles. The Labute approximate surface area is 714 Å². The van der Waals surface area contributed by atoms with Crippen molar-refractivity contribution in [3.8, 4) is 0 Å². The molecule has 51 heteroatoms. The predicted octanol–water partition coefficient (Wildman–Crippen LogP) is 3.21. The van der Waals surface area contributed by atoms with E-state index in [0.717, 1.165) is 94.1 Å². The topological polar surface area (TPSA) is 698 Å². The maximum absolute atomic E-state index is 12.3. The molecule has 0 amide bonds. The molecule has 119 heavy (non-hydrogen) atoms. The van der Waals surface area contributed by atoms with Crippen molar-refractivity contribution < 1.29 is 211 Å². The van der Waals surface area contributed by atoms with E-state index in [1.165, 1.54) is 0 Å². The number of carboxylic acid groups (broad SMARTS) is 16. The zero-order chi connectivity index (χ0) is 89.1. The molecule has 0 aromatic carbocycles. The van der Waals surface area contributed by atoms with Crippen LogP contribution in [-0.4, -0.2) is 393 Å². The zero-order valence-electron chi connectivity index (χ0n) is 63.9. The Balaban J connectivity index is 3.28. The fourth-order valence-electron chi connectivity index (χ4n) is 10.7. The minimum Gasteiger partial charge on any atom is -0.481 e. The van der Waals surface area contributed by atoms with Crippen LogP contribution in [0.25, 0.3) is 0 Å². The Morgan fingerprint density at radius 1 is 0.227 bits per heavy atom. The average Bonchev–Trinajstić information content (AvgIpc) is 0.768. The first-order valence-electron chi connectivity index (χ1n) is 36.6. The van der Waals surface area contributed by atoms with Crippen LogP contribution in [-0.2, 0) is 129 Å². The normalized spacial score (nSPS) is 21.2. The number of hydrogen-bond donors (Lipinski definition) is 16. The van der Waals surface area contributed by atoms with E-state index in [9.17, 15) is 158 Å². The highest BCUT2D eigenvalue weighted by molar-refractivity contribution is 8.02. The molecule has 18 atom stereocenters. The first-order valence-corrected chi connectivity index (χ1v) is 45.0. The van der Waals surface area contributed by atoms with Crippen LogP contribution in [0.1, 0.15) is 103 Å². The second-order valence-electron chi connectivity index (χ2n) is 25.6. The summed E-state index contributed by atoms with van der Waals surface area (Å²) in [6, 6.07) is 0. The van der Waals surface area contributed by atoms with Crippen molar-refractivity contribution in [2.45, 2.75) is 206 Å². The molecule has 8 unspecified atom stereocenters. The van der Waals surface area contributed by atoms with Crippen molar-refractivity contribution in [3.63, 3.8) is 0 Å². The van der Waals surface area contributed by atoms with Gasteiger partial charge in [-0.3, -0.25) is 76.7 Å². The molecule has 2 saturated heterocycles. The monoisotopic (exact) mass is 1860 g/mol. The minimum absolute atomic E-state index is 0.00634. The highest BCUT2D eigenvalue weighted by Crippen LogP contribution is 2.37. The van der Waals surface area contributed by atoms with Gasteiger partial charge in [0, 0.05) is 46.2 Å². The second-order valence-corrected chi connectivity index (χ2v) is 36.1. The molecule has 680 valence electrons. The van der Waals surface area contributed by atoms with Crippen LogP contribution in [0, 0.1) is 0 Å². The lowest BCUT2D eigenvalue weighted by Gasteiger charge is -2.50. The Morgan fingerprint density at radius 3 is 0.647 bits per heavy atom. The molecule has 0 aromatic heterocycles. The quantitative estimate of drug-likeness (QED) is 0.0389. The summed E-state index contributed by atoms with van der Waals surface area (Å²) in [6.45, 7) is -3.83. The number of carboxylic acids is 16. The van der Waals surface area contributed by atoms with Crippen LogP contribution in [0.2, 0.25) is 0 Å². The summed E-state index contributed by atoms with van der Waals surface area (Å²) in [5.74, 6) is -23.6. The van der Waals surface area contributed by atoms with Gasteiger partial charge < -0.3 is 134 Å². The van der Waals surface area contributed by atoms with E-state index < -0.39 is 277 Å². The van der Waals surface area contributed by atoms with Crippen LogP contribution in [0.15, 0.2) is 0 Å². The van der Waals surface area contributed by atoms with E-state index in [4.69, 9.17) is 52.1 Å². The smallest absolute Gasteiger partial charge is 0.317 e. The van der Waals surface area contributed by atoms with Gasteiger partial charge in [-0.2, -0.15) is 0 Å². The molecule has 16 N–H and O–H groups in total. The maximum Gasteiger partial charge on any atom is 0.317 e. The maximum atomic E-state index is 12.3. The summed E-state index contributed by atoms with van der Waals surface area (Å²) in [5, 5.41) is 143. The second kappa shape index (κ2) is 62.1. The van der Waals surface area contributed by atoms with Crippen LogP contribution in [0.3, 0.4) is 0 Å².